The van der Waals surface area contributed by atoms with Crippen LogP contribution in [0.25, 0.3) is 0 Å². The van der Waals surface area contributed by atoms with Crippen molar-refractivity contribution in [1.29, 1.82) is 0 Å². The molecule has 1 amide bonds. The first kappa shape index (κ1) is 20.9. The van der Waals surface area contributed by atoms with Crippen LogP contribution in [0, 0.1) is 0 Å². The Morgan fingerprint density at radius 3 is 2.39 bits per heavy atom. The fourth-order valence-electron chi connectivity index (χ4n) is 3.16. The molecule has 1 aliphatic heterocycles. The quantitative estimate of drug-likeness (QED) is 0.667. The van der Waals surface area contributed by atoms with Gasteiger partial charge in [-0.05, 0) is 61.4 Å². The summed E-state index contributed by atoms with van der Waals surface area (Å²) in [4.78, 5) is 13.9. The minimum Gasteiger partial charge on any atom is -0.322 e. The standard InChI is InChI=1S/C21H26N2O3S2/c1-2-16-27-20-9-5-4-8-19(20)21(24)22-17-10-12-18(13-11-17)28(25,26)23-14-6-3-7-15-23/h4-5,8-13H,2-3,6-7,14-16H2,1H3,(H,22,24). The fraction of sp³-hybridized carbons (Fsp3) is 0.381. The van der Waals surface area contributed by atoms with E-state index in [4.69, 9.17) is 0 Å². The third kappa shape index (κ3) is 4.96. The first-order valence-electron chi connectivity index (χ1n) is 9.66. The molecule has 0 unspecified atom stereocenters. The van der Waals surface area contributed by atoms with Crippen molar-refractivity contribution in [1.82, 2.24) is 4.31 Å². The van der Waals surface area contributed by atoms with Gasteiger partial charge < -0.3 is 5.32 Å². The molecule has 1 saturated heterocycles. The molecule has 1 aliphatic rings. The zero-order valence-corrected chi connectivity index (χ0v) is 17.7. The second-order valence-electron chi connectivity index (χ2n) is 6.79. The highest BCUT2D eigenvalue weighted by Crippen LogP contribution is 2.25. The van der Waals surface area contributed by atoms with Crippen molar-refractivity contribution in [3.05, 3.63) is 54.1 Å². The SMILES string of the molecule is CCCSc1ccccc1C(=O)Nc1ccc(S(=O)(=O)N2CCCCC2)cc1. The summed E-state index contributed by atoms with van der Waals surface area (Å²) in [5.41, 5.74) is 1.21. The number of amides is 1. The molecule has 150 valence electrons. The van der Waals surface area contributed by atoms with Crippen LogP contribution < -0.4 is 5.32 Å². The lowest BCUT2D eigenvalue weighted by atomic mass is 10.2. The maximum Gasteiger partial charge on any atom is 0.256 e. The minimum atomic E-state index is -3.46. The first-order chi connectivity index (χ1) is 13.5. The van der Waals surface area contributed by atoms with Crippen LogP contribution in [0.1, 0.15) is 43.0 Å². The third-order valence-corrected chi connectivity index (χ3v) is 7.85. The van der Waals surface area contributed by atoms with Crippen LogP contribution in [-0.4, -0.2) is 37.5 Å². The summed E-state index contributed by atoms with van der Waals surface area (Å²) in [6, 6.07) is 14.0. The molecule has 0 radical (unpaired) electrons. The van der Waals surface area contributed by atoms with E-state index in [1.54, 1.807) is 40.3 Å². The zero-order chi connectivity index (χ0) is 20.0. The Morgan fingerprint density at radius 2 is 1.71 bits per heavy atom. The Labute approximate surface area is 171 Å². The van der Waals surface area contributed by atoms with Crippen molar-refractivity contribution in [3.8, 4) is 0 Å². The second kappa shape index (κ2) is 9.58. The van der Waals surface area contributed by atoms with E-state index in [9.17, 15) is 13.2 Å². The predicted octanol–water partition coefficient (Wildman–Crippen LogP) is 4.62. The molecule has 5 nitrogen and oxygen atoms in total. The molecule has 28 heavy (non-hydrogen) atoms. The molecule has 2 aromatic carbocycles. The number of carbonyl (C=O) groups is 1. The van der Waals surface area contributed by atoms with Crippen LogP contribution in [-0.2, 0) is 10.0 Å². The molecule has 2 aromatic rings. The highest BCUT2D eigenvalue weighted by atomic mass is 32.2. The second-order valence-corrected chi connectivity index (χ2v) is 9.86. The summed E-state index contributed by atoms with van der Waals surface area (Å²) in [6.07, 6.45) is 3.92. The monoisotopic (exact) mass is 418 g/mol. The average Bonchev–Trinajstić information content (AvgIpc) is 2.73. The Hall–Kier alpha value is -1.83. The minimum absolute atomic E-state index is 0.189. The van der Waals surface area contributed by atoms with Crippen molar-refractivity contribution in [2.24, 2.45) is 0 Å². The van der Waals surface area contributed by atoms with Gasteiger partial charge in [0.25, 0.3) is 5.91 Å². The number of sulfonamides is 1. The smallest absolute Gasteiger partial charge is 0.256 e. The summed E-state index contributed by atoms with van der Waals surface area (Å²) in [5, 5.41) is 2.87. The fourth-order valence-corrected chi connectivity index (χ4v) is 5.59. The van der Waals surface area contributed by atoms with Gasteiger partial charge in [0.2, 0.25) is 10.0 Å². The molecule has 0 atom stereocenters. The summed E-state index contributed by atoms with van der Waals surface area (Å²) in [7, 11) is -3.46. The van der Waals surface area contributed by atoms with Gasteiger partial charge in [-0.15, -0.1) is 11.8 Å². The number of nitrogens with one attached hydrogen (secondary N) is 1. The van der Waals surface area contributed by atoms with Crippen LogP contribution in [0.5, 0.6) is 0 Å². The van der Waals surface area contributed by atoms with Crippen LogP contribution in [0.4, 0.5) is 5.69 Å². The third-order valence-electron chi connectivity index (χ3n) is 4.66. The van der Waals surface area contributed by atoms with Gasteiger partial charge in [0.05, 0.1) is 10.5 Å². The topological polar surface area (TPSA) is 66.5 Å². The number of anilines is 1. The van der Waals surface area contributed by atoms with Crippen LogP contribution in [0.3, 0.4) is 0 Å². The molecule has 1 N–H and O–H groups in total. The van der Waals surface area contributed by atoms with Gasteiger partial charge in [-0.1, -0.05) is 25.5 Å². The lowest BCUT2D eigenvalue weighted by molar-refractivity contribution is 0.102. The summed E-state index contributed by atoms with van der Waals surface area (Å²) >= 11 is 1.66. The van der Waals surface area contributed by atoms with E-state index in [1.807, 2.05) is 24.3 Å². The van der Waals surface area contributed by atoms with E-state index in [-0.39, 0.29) is 10.8 Å². The molecular weight excluding hydrogens is 392 g/mol. The normalized spacial score (nSPS) is 15.3. The van der Waals surface area contributed by atoms with Crippen molar-refractivity contribution < 1.29 is 13.2 Å². The van der Waals surface area contributed by atoms with Gasteiger partial charge in [-0.2, -0.15) is 4.31 Å². The van der Waals surface area contributed by atoms with Gasteiger partial charge in [0.1, 0.15) is 0 Å². The Balaban J connectivity index is 1.72. The largest absolute Gasteiger partial charge is 0.322 e. The van der Waals surface area contributed by atoms with E-state index in [2.05, 4.69) is 12.2 Å². The first-order valence-corrected chi connectivity index (χ1v) is 12.1. The molecule has 0 aromatic heterocycles. The molecule has 7 heteroatoms. The predicted molar refractivity (Wildman–Crippen MR) is 114 cm³/mol. The number of piperidine rings is 1. The average molecular weight is 419 g/mol. The van der Waals surface area contributed by atoms with Gasteiger partial charge >= 0.3 is 0 Å². The number of nitrogens with zero attached hydrogens (tertiary/aromatic N) is 1. The van der Waals surface area contributed by atoms with Crippen LogP contribution in [0.15, 0.2) is 58.3 Å². The van der Waals surface area contributed by atoms with Crippen LogP contribution >= 0.6 is 11.8 Å². The van der Waals surface area contributed by atoms with Crippen molar-refractivity contribution in [3.63, 3.8) is 0 Å². The van der Waals surface area contributed by atoms with Crippen molar-refractivity contribution in [2.45, 2.75) is 42.4 Å². The number of benzene rings is 2. The number of carbonyl (C=O) groups excluding carboxylic acids is 1. The van der Waals surface area contributed by atoms with E-state index in [0.29, 0.717) is 24.3 Å². The molecule has 3 rings (SSSR count). The lowest BCUT2D eigenvalue weighted by Crippen LogP contribution is -2.35. The number of hydrogen-bond donors (Lipinski definition) is 1. The Morgan fingerprint density at radius 1 is 1.04 bits per heavy atom. The molecular formula is C21H26N2O3S2. The van der Waals surface area contributed by atoms with Gasteiger partial charge in [-0.25, -0.2) is 8.42 Å². The maximum absolute atomic E-state index is 12.7. The Bertz CT molecular complexity index is 906. The highest BCUT2D eigenvalue weighted by molar-refractivity contribution is 7.99. The summed E-state index contributed by atoms with van der Waals surface area (Å²) in [6.45, 7) is 3.26. The number of rotatable bonds is 7. The molecule has 0 bridgehead atoms. The number of hydrogen-bond acceptors (Lipinski definition) is 4. The Kier molecular flexibility index (Phi) is 7.15. The molecule has 0 saturated carbocycles. The maximum atomic E-state index is 12.7. The highest BCUT2D eigenvalue weighted by Gasteiger charge is 2.25. The van der Waals surface area contributed by atoms with Gasteiger partial charge in [-0.3, -0.25) is 4.79 Å². The van der Waals surface area contributed by atoms with E-state index < -0.39 is 10.0 Å². The van der Waals surface area contributed by atoms with E-state index in [1.165, 1.54) is 0 Å². The molecule has 1 heterocycles. The van der Waals surface area contributed by atoms with Gasteiger partial charge in [0.15, 0.2) is 0 Å². The van der Waals surface area contributed by atoms with Crippen LogP contribution in [0.2, 0.25) is 0 Å². The van der Waals surface area contributed by atoms with Gasteiger partial charge in [0, 0.05) is 23.7 Å². The molecule has 0 aliphatic carbocycles. The van der Waals surface area contributed by atoms with Crippen molar-refractivity contribution >= 4 is 33.4 Å². The molecule has 1 fully saturated rings. The lowest BCUT2D eigenvalue weighted by Gasteiger charge is -2.25. The summed E-state index contributed by atoms with van der Waals surface area (Å²) < 4.78 is 27.0. The molecule has 0 spiro atoms. The van der Waals surface area contributed by atoms with E-state index >= 15 is 0 Å². The summed E-state index contributed by atoms with van der Waals surface area (Å²) in [5.74, 6) is 0.763. The number of thioether (sulfide) groups is 1. The zero-order valence-electron chi connectivity index (χ0n) is 16.1. The van der Waals surface area contributed by atoms with E-state index in [0.717, 1.165) is 36.3 Å². The van der Waals surface area contributed by atoms with Crippen molar-refractivity contribution in [2.75, 3.05) is 24.2 Å².